The number of hydrogen-bond acceptors (Lipinski definition) is 3. The minimum absolute atomic E-state index is 0.429. The van der Waals surface area contributed by atoms with Crippen LogP contribution in [0, 0.1) is 6.92 Å². The van der Waals surface area contributed by atoms with Crippen LogP contribution >= 0.6 is 0 Å². The summed E-state index contributed by atoms with van der Waals surface area (Å²) in [5.74, 6) is 0.646. The molecule has 0 bridgehead atoms. The molecule has 0 fully saturated rings. The van der Waals surface area contributed by atoms with Gasteiger partial charge in [0, 0.05) is 10.9 Å². The number of rotatable bonds is 4. The number of nitrogens with zero attached hydrogens (tertiary/aromatic N) is 1. The third-order valence-corrected chi connectivity index (χ3v) is 4.77. The lowest BCUT2D eigenvalue weighted by Crippen LogP contribution is -2.40. The van der Waals surface area contributed by atoms with E-state index in [1.54, 1.807) is 7.11 Å². The first-order valence-electron chi connectivity index (χ1n) is 6.05. The Morgan fingerprint density at radius 1 is 1.41 bits per heavy atom. The summed E-state index contributed by atoms with van der Waals surface area (Å²) < 4.78 is 5.32. The second-order valence-electron chi connectivity index (χ2n) is 5.41. The van der Waals surface area contributed by atoms with E-state index in [1.165, 1.54) is 0 Å². The summed E-state index contributed by atoms with van der Waals surface area (Å²) >= 11 is 0. The fourth-order valence-corrected chi connectivity index (χ4v) is 2.78. The average Bonchev–Trinajstić information content (AvgIpc) is 2.26. The zero-order valence-electron chi connectivity index (χ0n) is 11.7. The van der Waals surface area contributed by atoms with Crippen LogP contribution < -0.4 is 10.1 Å². The Balaban J connectivity index is 3.39. The van der Waals surface area contributed by atoms with Crippen molar-refractivity contribution in [3.05, 3.63) is 17.2 Å². The molecule has 3 nitrogen and oxygen atoms in total. The van der Waals surface area contributed by atoms with Gasteiger partial charge in [-0.15, -0.1) is 0 Å². The van der Waals surface area contributed by atoms with E-state index in [9.17, 15) is 5.11 Å². The Labute approximate surface area is 105 Å². The van der Waals surface area contributed by atoms with Crippen molar-refractivity contribution in [2.24, 2.45) is 0 Å². The van der Waals surface area contributed by atoms with Gasteiger partial charge < -0.3 is 9.84 Å². The summed E-state index contributed by atoms with van der Waals surface area (Å²) in [4.78, 5) is 4.57. The van der Waals surface area contributed by atoms with Gasteiger partial charge in [-0.25, -0.2) is 4.98 Å². The average molecular weight is 253 g/mol. The topological polar surface area (TPSA) is 42.4 Å². The number of pyridine rings is 1. The Morgan fingerprint density at radius 2 is 2.00 bits per heavy atom. The molecule has 0 saturated carbocycles. The summed E-state index contributed by atoms with van der Waals surface area (Å²) in [5, 5.41) is 11.1. The molecule has 1 aromatic heterocycles. The molecular weight excluding hydrogens is 230 g/mol. The van der Waals surface area contributed by atoms with Crippen molar-refractivity contribution in [3.8, 4) is 5.88 Å². The normalized spacial score (nSPS) is 13.6. The Hall–Kier alpha value is -0.873. The molecule has 0 spiro atoms. The maximum Gasteiger partial charge on any atom is 0.216 e. The largest absolute Gasteiger partial charge is 0.481 e. The molecule has 0 aromatic carbocycles. The minimum Gasteiger partial charge on any atom is -0.481 e. The molecule has 96 valence electrons. The van der Waals surface area contributed by atoms with Gasteiger partial charge >= 0.3 is 0 Å². The number of aromatic nitrogens is 1. The Bertz CT molecular complexity index is 399. The van der Waals surface area contributed by atoms with Crippen molar-refractivity contribution in [2.45, 2.75) is 46.0 Å². The van der Waals surface area contributed by atoms with E-state index in [0.29, 0.717) is 12.3 Å². The molecular formula is C13H23NO2Si. The number of hydrogen-bond donors (Lipinski definition) is 1. The molecule has 0 saturated heterocycles. The summed E-state index contributed by atoms with van der Waals surface area (Å²) in [6, 6.07) is 2.05. The van der Waals surface area contributed by atoms with Crippen LogP contribution in [0.25, 0.3) is 0 Å². The lowest BCUT2D eigenvalue weighted by atomic mass is 10.0. The highest BCUT2D eigenvalue weighted by molar-refractivity contribution is 6.88. The number of aliphatic hydroxyl groups excluding tert-OH is 1. The van der Waals surface area contributed by atoms with Gasteiger partial charge in [-0.05, 0) is 25.0 Å². The molecule has 0 radical (unpaired) electrons. The van der Waals surface area contributed by atoms with Crippen molar-refractivity contribution >= 4 is 13.4 Å². The van der Waals surface area contributed by atoms with Crippen molar-refractivity contribution in [1.82, 2.24) is 4.98 Å². The quantitative estimate of drug-likeness (QED) is 0.838. The van der Waals surface area contributed by atoms with E-state index in [-0.39, 0.29) is 0 Å². The molecule has 0 amide bonds. The molecule has 0 aliphatic heterocycles. The first kappa shape index (κ1) is 14.2. The van der Waals surface area contributed by atoms with Gasteiger partial charge in [0.05, 0.1) is 13.2 Å². The molecule has 4 heteroatoms. The molecule has 17 heavy (non-hydrogen) atoms. The van der Waals surface area contributed by atoms with E-state index in [1.807, 2.05) is 13.8 Å². The molecule has 1 rings (SSSR count). The van der Waals surface area contributed by atoms with Gasteiger partial charge in [0.1, 0.15) is 8.07 Å². The summed E-state index contributed by atoms with van der Waals surface area (Å²) in [6.45, 7) is 10.7. The van der Waals surface area contributed by atoms with Crippen LogP contribution in [-0.2, 0) is 0 Å². The Morgan fingerprint density at radius 3 is 2.41 bits per heavy atom. The van der Waals surface area contributed by atoms with Crippen LogP contribution in [0.5, 0.6) is 5.88 Å². The summed E-state index contributed by atoms with van der Waals surface area (Å²) in [7, 11) is 0.134. The lowest BCUT2D eigenvalue weighted by Gasteiger charge is -2.21. The fourth-order valence-electron chi connectivity index (χ4n) is 1.75. The fraction of sp³-hybridized carbons (Fsp3) is 0.615. The van der Waals surface area contributed by atoms with Gasteiger partial charge in [0.15, 0.2) is 0 Å². The number of methoxy groups -OCH3 is 1. The molecule has 0 aliphatic rings. The van der Waals surface area contributed by atoms with E-state index < -0.39 is 14.2 Å². The van der Waals surface area contributed by atoms with E-state index in [0.717, 1.165) is 16.4 Å². The van der Waals surface area contributed by atoms with Gasteiger partial charge in [-0.3, -0.25) is 0 Å². The zero-order valence-corrected chi connectivity index (χ0v) is 12.7. The predicted molar refractivity (Wildman–Crippen MR) is 73.8 cm³/mol. The smallest absolute Gasteiger partial charge is 0.216 e. The van der Waals surface area contributed by atoms with Crippen LogP contribution in [0.4, 0.5) is 0 Å². The predicted octanol–water partition coefficient (Wildman–Crippen LogP) is 2.39. The van der Waals surface area contributed by atoms with Crippen LogP contribution in [0.3, 0.4) is 0 Å². The molecule has 0 aliphatic carbocycles. The molecule has 1 N–H and O–H groups in total. The SMILES string of the molecule is CCC(O)c1cc([Si](C)(C)C)nc(OC)c1C. The lowest BCUT2D eigenvalue weighted by molar-refractivity contribution is 0.172. The van der Waals surface area contributed by atoms with Gasteiger partial charge in [0.25, 0.3) is 0 Å². The standard InChI is InChI=1S/C13H23NO2Si/c1-7-11(15)10-8-12(17(4,5)6)14-13(16-3)9(10)2/h8,11,15H,7H2,1-6H3. The van der Waals surface area contributed by atoms with Crippen molar-refractivity contribution in [2.75, 3.05) is 7.11 Å². The van der Waals surface area contributed by atoms with Gasteiger partial charge in [-0.1, -0.05) is 26.6 Å². The minimum atomic E-state index is -1.50. The maximum atomic E-state index is 10.1. The van der Waals surface area contributed by atoms with E-state index >= 15 is 0 Å². The molecule has 1 aromatic rings. The van der Waals surface area contributed by atoms with E-state index in [4.69, 9.17) is 4.74 Å². The maximum absolute atomic E-state index is 10.1. The number of ether oxygens (including phenoxy) is 1. The van der Waals surface area contributed by atoms with Crippen molar-refractivity contribution < 1.29 is 9.84 Å². The second kappa shape index (κ2) is 5.19. The van der Waals surface area contributed by atoms with Gasteiger partial charge in [0.2, 0.25) is 5.88 Å². The highest BCUT2D eigenvalue weighted by Crippen LogP contribution is 2.25. The number of aliphatic hydroxyl groups is 1. The van der Waals surface area contributed by atoms with Gasteiger partial charge in [-0.2, -0.15) is 0 Å². The third-order valence-electron chi connectivity index (χ3n) is 2.98. The Kier molecular flexibility index (Phi) is 4.33. The van der Waals surface area contributed by atoms with Crippen LogP contribution in [-0.4, -0.2) is 25.3 Å². The van der Waals surface area contributed by atoms with Crippen LogP contribution in [0.15, 0.2) is 6.07 Å². The van der Waals surface area contributed by atoms with Crippen molar-refractivity contribution in [3.63, 3.8) is 0 Å². The molecule has 1 atom stereocenters. The first-order chi connectivity index (χ1) is 7.81. The van der Waals surface area contributed by atoms with Crippen LogP contribution in [0.1, 0.15) is 30.6 Å². The molecule has 1 heterocycles. The third kappa shape index (κ3) is 3.07. The first-order valence-corrected chi connectivity index (χ1v) is 9.55. The highest BCUT2D eigenvalue weighted by atomic mass is 28.3. The summed E-state index contributed by atoms with van der Waals surface area (Å²) in [5.41, 5.74) is 1.90. The zero-order chi connectivity index (χ0) is 13.2. The van der Waals surface area contributed by atoms with Crippen LogP contribution in [0.2, 0.25) is 19.6 Å². The van der Waals surface area contributed by atoms with E-state index in [2.05, 4.69) is 30.7 Å². The monoisotopic (exact) mass is 253 g/mol. The van der Waals surface area contributed by atoms with Crippen molar-refractivity contribution in [1.29, 1.82) is 0 Å². The molecule has 1 unspecified atom stereocenters. The highest BCUT2D eigenvalue weighted by Gasteiger charge is 2.23. The summed E-state index contributed by atoms with van der Waals surface area (Å²) in [6.07, 6.45) is 0.279. The second-order valence-corrected chi connectivity index (χ2v) is 10.4.